The van der Waals surface area contributed by atoms with E-state index in [0.29, 0.717) is 24.6 Å². The second-order valence-corrected chi connectivity index (χ2v) is 3.74. The maximum Gasteiger partial charge on any atom is 0.177 e. The van der Waals surface area contributed by atoms with Gasteiger partial charge in [0.2, 0.25) is 0 Å². The first-order valence-corrected chi connectivity index (χ1v) is 5.65. The summed E-state index contributed by atoms with van der Waals surface area (Å²) in [4.78, 5) is 2.91. The molecule has 0 unspecified atom stereocenters. The number of nitrogens with one attached hydrogen (secondary N) is 1. The average Bonchev–Trinajstić information content (AvgIpc) is 2.65. The Hall–Kier alpha value is -0.690. The molecule has 0 aromatic carbocycles. The normalized spacial score (nSPS) is 10.9. The predicted octanol–water partition coefficient (Wildman–Crippen LogP) is 1.09. The van der Waals surface area contributed by atoms with Crippen LogP contribution in [0.15, 0.2) is 6.20 Å². The summed E-state index contributed by atoms with van der Waals surface area (Å²) in [5.41, 5.74) is 0.807. The molecule has 0 atom stereocenters. The molecule has 0 radical (unpaired) electrons. The molecular weight excluding hydrogens is 228 g/mol. The van der Waals surface area contributed by atoms with Crippen molar-refractivity contribution in [1.82, 2.24) is 9.55 Å². The van der Waals surface area contributed by atoms with Crippen molar-refractivity contribution in [2.45, 2.75) is 19.6 Å². The lowest BCUT2D eigenvalue weighted by Gasteiger charge is -2.07. The first-order valence-electron chi connectivity index (χ1n) is 5.24. The number of aromatic amines is 1. The molecule has 2 N–H and O–H groups in total. The molecule has 1 rings (SSSR count). The molecule has 0 amide bonds. The van der Waals surface area contributed by atoms with Gasteiger partial charge in [0, 0.05) is 26.5 Å². The van der Waals surface area contributed by atoms with E-state index in [9.17, 15) is 0 Å². The summed E-state index contributed by atoms with van der Waals surface area (Å²) in [6, 6.07) is 0. The Kier molecular flexibility index (Phi) is 6.32. The molecule has 0 spiro atoms. The van der Waals surface area contributed by atoms with Gasteiger partial charge in [-0.2, -0.15) is 0 Å². The van der Waals surface area contributed by atoms with E-state index >= 15 is 0 Å². The van der Waals surface area contributed by atoms with Crippen LogP contribution in [0.5, 0.6) is 0 Å². The fraction of sp³-hybridized carbons (Fsp3) is 0.700. The zero-order chi connectivity index (χ0) is 11.8. The Balaban J connectivity index is 2.26. The lowest BCUT2D eigenvalue weighted by molar-refractivity contribution is 0.0678. The molecule has 1 heterocycles. The number of methoxy groups -OCH3 is 1. The van der Waals surface area contributed by atoms with Crippen LogP contribution in [-0.2, 0) is 22.6 Å². The largest absolute Gasteiger partial charge is 0.390 e. The molecule has 0 aliphatic heterocycles. The van der Waals surface area contributed by atoms with E-state index in [-0.39, 0.29) is 6.61 Å². The molecule has 1 aromatic rings. The number of hydrogen-bond donors (Lipinski definition) is 2. The first kappa shape index (κ1) is 13.4. The summed E-state index contributed by atoms with van der Waals surface area (Å²) in [5, 5.41) is 9.07. The van der Waals surface area contributed by atoms with Crippen molar-refractivity contribution in [2.75, 3.05) is 26.9 Å². The van der Waals surface area contributed by atoms with Gasteiger partial charge in [0.15, 0.2) is 4.77 Å². The van der Waals surface area contributed by atoms with Gasteiger partial charge in [-0.3, -0.25) is 0 Å². The molecule has 0 bridgehead atoms. The number of aliphatic hydroxyl groups is 1. The van der Waals surface area contributed by atoms with Gasteiger partial charge in [-0.1, -0.05) is 0 Å². The quantitative estimate of drug-likeness (QED) is 0.532. The predicted molar refractivity (Wildman–Crippen MR) is 62.9 cm³/mol. The zero-order valence-corrected chi connectivity index (χ0v) is 10.3. The van der Waals surface area contributed by atoms with Crippen molar-refractivity contribution in [1.29, 1.82) is 0 Å². The number of nitrogens with zero attached hydrogens (tertiary/aromatic N) is 1. The van der Waals surface area contributed by atoms with Crippen molar-refractivity contribution in [3.05, 3.63) is 16.7 Å². The topological polar surface area (TPSA) is 59.4 Å². The minimum absolute atomic E-state index is 0.00231. The van der Waals surface area contributed by atoms with Gasteiger partial charge in [-0.25, -0.2) is 0 Å². The third-order valence-electron chi connectivity index (χ3n) is 2.22. The lowest BCUT2D eigenvalue weighted by atomic mass is 10.4. The second-order valence-electron chi connectivity index (χ2n) is 3.35. The second kappa shape index (κ2) is 7.56. The molecule has 0 saturated carbocycles. The Morgan fingerprint density at radius 2 is 2.25 bits per heavy atom. The van der Waals surface area contributed by atoms with Crippen LogP contribution in [0.2, 0.25) is 0 Å². The molecule has 0 saturated heterocycles. The van der Waals surface area contributed by atoms with Crippen molar-refractivity contribution >= 4 is 12.2 Å². The van der Waals surface area contributed by atoms with Gasteiger partial charge < -0.3 is 24.1 Å². The number of ether oxygens (including phenoxy) is 2. The Labute approximate surface area is 100 Å². The molecule has 92 valence electrons. The molecular formula is C10H18N2O3S. The maximum atomic E-state index is 9.07. The fourth-order valence-corrected chi connectivity index (χ4v) is 1.64. The minimum atomic E-state index is -0.00231. The monoisotopic (exact) mass is 246 g/mol. The average molecular weight is 246 g/mol. The Morgan fingerprint density at radius 1 is 1.44 bits per heavy atom. The van der Waals surface area contributed by atoms with Crippen molar-refractivity contribution in [3.8, 4) is 0 Å². The summed E-state index contributed by atoms with van der Waals surface area (Å²) in [6.07, 6.45) is 2.59. The molecule has 0 fully saturated rings. The highest BCUT2D eigenvalue weighted by Crippen LogP contribution is 2.03. The lowest BCUT2D eigenvalue weighted by Crippen LogP contribution is -2.08. The van der Waals surface area contributed by atoms with Crippen molar-refractivity contribution in [2.24, 2.45) is 0 Å². The molecule has 16 heavy (non-hydrogen) atoms. The van der Waals surface area contributed by atoms with Crippen LogP contribution < -0.4 is 0 Å². The van der Waals surface area contributed by atoms with Gasteiger partial charge in [0.25, 0.3) is 0 Å². The number of H-pyrrole nitrogens is 1. The highest BCUT2D eigenvalue weighted by Gasteiger charge is 2.01. The van der Waals surface area contributed by atoms with Gasteiger partial charge in [-0.05, 0) is 18.6 Å². The summed E-state index contributed by atoms with van der Waals surface area (Å²) in [5.74, 6) is 0. The molecule has 1 aromatic heterocycles. The molecule has 0 aliphatic carbocycles. The number of aromatic nitrogens is 2. The Bertz CT molecular complexity index is 348. The summed E-state index contributed by atoms with van der Waals surface area (Å²) >= 11 is 5.09. The van der Waals surface area contributed by atoms with Gasteiger partial charge in [0.05, 0.1) is 25.5 Å². The SMILES string of the molecule is COCCOCCCn1c(CO)c[nH]c1=S. The van der Waals surface area contributed by atoms with E-state index in [0.717, 1.165) is 18.7 Å². The molecule has 6 heteroatoms. The van der Waals surface area contributed by atoms with Crippen LogP contribution in [0.3, 0.4) is 0 Å². The van der Waals surface area contributed by atoms with E-state index in [4.69, 9.17) is 26.8 Å². The summed E-state index contributed by atoms with van der Waals surface area (Å²) in [6.45, 7) is 2.65. The standard InChI is InChI=1S/C10H18N2O3S/c1-14-5-6-15-4-2-3-12-9(8-13)7-11-10(12)16/h7,13H,2-6,8H2,1H3,(H,11,16). The number of rotatable bonds is 8. The smallest absolute Gasteiger partial charge is 0.177 e. The van der Waals surface area contributed by atoms with Crippen LogP contribution in [-0.4, -0.2) is 41.6 Å². The minimum Gasteiger partial charge on any atom is -0.390 e. The number of hydrogen-bond acceptors (Lipinski definition) is 4. The van der Waals surface area contributed by atoms with Gasteiger partial charge in [0.1, 0.15) is 0 Å². The number of aliphatic hydroxyl groups excluding tert-OH is 1. The van der Waals surface area contributed by atoms with Crippen molar-refractivity contribution < 1.29 is 14.6 Å². The zero-order valence-electron chi connectivity index (χ0n) is 9.44. The Morgan fingerprint density at radius 3 is 2.94 bits per heavy atom. The van der Waals surface area contributed by atoms with Crippen LogP contribution >= 0.6 is 12.2 Å². The molecule has 0 aliphatic rings. The van der Waals surface area contributed by atoms with Crippen LogP contribution in [0.1, 0.15) is 12.1 Å². The fourth-order valence-electron chi connectivity index (χ4n) is 1.38. The van der Waals surface area contributed by atoms with E-state index in [2.05, 4.69) is 4.98 Å². The summed E-state index contributed by atoms with van der Waals surface area (Å²) in [7, 11) is 1.65. The van der Waals surface area contributed by atoms with Gasteiger partial charge >= 0.3 is 0 Å². The third kappa shape index (κ3) is 4.05. The van der Waals surface area contributed by atoms with Gasteiger partial charge in [-0.15, -0.1) is 0 Å². The highest BCUT2D eigenvalue weighted by molar-refractivity contribution is 7.71. The first-order chi connectivity index (χ1) is 7.79. The van der Waals surface area contributed by atoms with Crippen molar-refractivity contribution in [3.63, 3.8) is 0 Å². The molecule has 5 nitrogen and oxygen atoms in total. The third-order valence-corrected chi connectivity index (χ3v) is 2.56. The highest BCUT2D eigenvalue weighted by atomic mass is 32.1. The van der Waals surface area contributed by atoms with E-state index in [1.165, 1.54) is 0 Å². The van der Waals surface area contributed by atoms with Crippen LogP contribution in [0.4, 0.5) is 0 Å². The van der Waals surface area contributed by atoms with E-state index in [1.807, 2.05) is 4.57 Å². The van der Waals surface area contributed by atoms with E-state index < -0.39 is 0 Å². The summed E-state index contributed by atoms with van der Waals surface area (Å²) < 4.78 is 12.7. The maximum absolute atomic E-state index is 9.07. The van der Waals surface area contributed by atoms with E-state index in [1.54, 1.807) is 13.3 Å². The number of imidazole rings is 1. The van der Waals surface area contributed by atoms with Crippen LogP contribution in [0, 0.1) is 4.77 Å². The van der Waals surface area contributed by atoms with Crippen LogP contribution in [0.25, 0.3) is 0 Å².